The molecule has 0 radical (unpaired) electrons. The number of nitrogens with one attached hydrogen (secondary N) is 2. The van der Waals surface area contributed by atoms with Crippen molar-refractivity contribution in [3.8, 4) is 0 Å². The van der Waals surface area contributed by atoms with Crippen LogP contribution in [-0.2, 0) is 0 Å². The predicted octanol–water partition coefficient (Wildman–Crippen LogP) is 3.58. The molecule has 0 saturated heterocycles. The lowest BCUT2D eigenvalue weighted by molar-refractivity contribution is 0.0935. The van der Waals surface area contributed by atoms with E-state index >= 15 is 0 Å². The molecule has 1 aliphatic heterocycles. The third-order valence-corrected chi connectivity index (χ3v) is 5.25. The Hall–Kier alpha value is -2.05. The number of thioether (sulfide) groups is 1. The molecule has 3 aromatic rings. The van der Waals surface area contributed by atoms with Crippen LogP contribution in [0, 0.1) is 0 Å². The van der Waals surface area contributed by atoms with Gasteiger partial charge < -0.3 is 5.32 Å². The van der Waals surface area contributed by atoms with Gasteiger partial charge in [-0.25, -0.2) is 0 Å². The molecule has 116 valence electrons. The van der Waals surface area contributed by atoms with Crippen LogP contribution in [0.25, 0.3) is 11.0 Å². The number of hydrogen-bond acceptors (Lipinski definition) is 4. The Labute approximate surface area is 141 Å². The molecule has 4 rings (SSSR count). The highest BCUT2D eigenvalue weighted by molar-refractivity contribution is 7.99. The van der Waals surface area contributed by atoms with Crippen LogP contribution in [0.3, 0.4) is 0 Å². The van der Waals surface area contributed by atoms with E-state index in [4.69, 9.17) is 11.6 Å². The van der Waals surface area contributed by atoms with Gasteiger partial charge in [0, 0.05) is 21.2 Å². The number of nitrogens with zero attached hydrogens (tertiary/aromatic N) is 2. The molecule has 23 heavy (non-hydrogen) atoms. The van der Waals surface area contributed by atoms with Gasteiger partial charge in [-0.05, 0) is 48.4 Å². The monoisotopic (exact) mass is 344 g/mol. The van der Waals surface area contributed by atoms with E-state index in [2.05, 4.69) is 20.7 Å². The van der Waals surface area contributed by atoms with Crippen molar-refractivity contribution in [3.63, 3.8) is 0 Å². The van der Waals surface area contributed by atoms with E-state index < -0.39 is 0 Å². The SMILES string of the molecule is O=C(NC1CCSc2ccc(Cl)cc21)c1ccc2n[nH]nc2c1. The van der Waals surface area contributed by atoms with Crippen molar-refractivity contribution in [3.05, 3.63) is 52.5 Å². The van der Waals surface area contributed by atoms with E-state index in [1.807, 2.05) is 18.2 Å². The van der Waals surface area contributed by atoms with E-state index in [1.165, 1.54) is 4.90 Å². The number of rotatable bonds is 2. The third kappa shape index (κ3) is 2.80. The summed E-state index contributed by atoms with van der Waals surface area (Å²) < 4.78 is 0. The smallest absolute Gasteiger partial charge is 0.251 e. The summed E-state index contributed by atoms with van der Waals surface area (Å²) in [5, 5.41) is 14.4. The summed E-state index contributed by atoms with van der Waals surface area (Å²) in [6, 6.07) is 11.1. The van der Waals surface area contributed by atoms with Crippen molar-refractivity contribution < 1.29 is 4.79 Å². The summed E-state index contributed by atoms with van der Waals surface area (Å²) >= 11 is 7.90. The van der Waals surface area contributed by atoms with E-state index in [0.717, 1.165) is 23.3 Å². The number of fused-ring (bicyclic) bond motifs is 2. The highest BCUT2D eigenvalue weighted by Gasteiger charge is 2.23. The van der Waals surface area contributed by atoms with Gasteiger partial charge >= 0.3 is 0 Å². The Bertz CT molecular complexity index is 895. The lowest BCUT2D eigenvalue weighted by atomic mass is 10.0. The zero-order valence-electron chi connectivity index (χ0n) is 12.0. The van der Waals surface area contributed by atoms with E-state index in [-0.39, 0.29) is 11.9 Å². The number of carbonyl (C=O) groups excluding carboxylic acids is 1. The fourth-order valence-electron chi connectivity index (χ4n) is 2.74. The van der Waals surface area contributed by atoms with Gasteiger partial charge in [0.25, 0.3) is 5.91 Å². The molecule has 2 N–H and O–H groups in total. The second-order valence-corrected chi connectivity index (χ2v) is 6.95. The van der Waals surface area contributed by atoms with Crippen molar-refractivity contribution >= 4 is 40.3 Å². The van der Waals surface area contributed by atoms with E-state index in [9.17, 15) is 4.79 Å². The van der Waals surface area contributed by atoms with Crippen LogP contribution in [0.1, 0.15) is 28.4 Å². The van der Waals surface area contributed by atoms with E-state index in [1.54, 1.807) is 30.0 Å². The van der Waals surface area contributed by atoms with Gasteiger partial charge in [-0.3, -0.25) is 4.79 Å². The first kappa shape index (κ1) is 14.5. The Morgan fingerprint density at radius 3 is 3.00 bits per heavy atom. The standard InChI is InChI=1S/C16H13ClN4OS/c17-10-2-4-15-11(8-10)12(5-6-23-15)18-16(22)9-1-3-13-14(7-9)20-21-19-13/h1-4,7-8,12H,5-6H2,(H,18,22)(H,19,20,21). The van der Waals surface area contributed by atoms with Gasteiger partial charge in [-0.1, -0.05) is 11.6 Å². The van der Waals surface area contributed by atoms with E-state index in [0.29, 0.717) is 16.1 Å². The van der Waals surface area contributed by atoms with Gasteiger partial charge in [0.1, 0.15) is 11.0 Å². The normalized spacial score (nSPS) is 17.0. The zero-order valence-corrected chi connectivity index (χ0v) is 13.6. The molecule has 7 heteroatoms. The number of aromatic amines is 1. The summed E-state index contributed by atoms with van der Waals surface area (Å²) in [6.07, 6.45) is 0.885. The van der Waals surface area contributed by atoms with Gasteiger partial charge in [0.2, 0.25) is 0 Å². The Kier molecular flexibility index (Phi) is 3.71. The first-order valence-electron chi connectivity index (χ1n) is 7.24. The highest BCUT2D eigenvalue weighted by atomic mass is 35.5. The molecule has 2 heterocycles. The molecule has 0 fully saturated rings. The second-order valence-electron chi connectivity index (χ2n) is 5.37. The van der Waals surface area contributed by atoms with Crippen LogP contribution in [0.5, 0.6) is 0 Å². The number of halogens is 1. The molecule has 0 spiro atoms. The first-order valence-corrected chi connectivity index (χ1v) is 8.61. The number of hydrogen-bond donors (Lipinski definition) is 2. The molecular weight excluding hydrogens is 332 g/mol. The largest absolute Gasteiger partial charge is 0.345 e. The molecule has 2 aromatic carbocycles. The van der Waals surface area contributed by atoms with Crippen molar-refractivity contribution in [2.24, 2.45) is 0 Å². The molecule has 1 unspecified atom stereocenters. The van der Waals surface area contributed by atoms with Crippen molar-refractivity contribution in [2.75, 3.05) is 5.75 Å². The second kappa shape index (κ2) is 5.86. The summed E-state index contributed by atoms with van der Waals surface area (Å²) in [6.45, 7) is 0. The maximum absolute atomic E-state index is 12.6. The first-order chi connectivity index (χ1) is 11.2. The fourth-order valence-corrected chi connectivity index (χ4v) is 4.02. The number of H-pyrrole nitrogens is 1. The van der Waals surface area contributed by atoms with Crippen molar-refractivity contribution in [1.82, 2.24) is 20.7 Å². The van der Waals surface area contributed by atoms with Gasteiger partial charge in [-0.2, -0.15) is 15.4 Å². The average molecular weight is 345 g/mol. The summed E-state index contributed by atoms with van der Waals surface area (Å²) in [7, 11) is 0. The molecule has 5 nitrogen and oxygen atoms in total. The highest BCUT2D eigenvalue weighted by Crippen LogP contribution is 2.37. The lowest BCUT2D eigenvalue weighted by Gasteiger charge is -2.26. The van der Waals surface area contributed by atoms with Gasteiger partial charge in [-0.15, -0.1) is 11.8 Å². The Morgan fingerprint density at radius 1 is 1.22 bits per heavy atom. The van der Waals surface area contributed by atoms with Crippen LogP contribution in [-0.4, -0.2) is 27.1 Å². The molecule has 1 amide bonds. The van der Waals surface area contributed by atoms with Crippen molar-refractivity contribution in [1.29, 1.82) is 0 Å². The Balaban J connectivity index is 1.61. The summed E-state index contributed by atoms with van der Waals surface area (Å²) in [4.78, 5) is 13.7. The predicted molar refractivity (Wildman–Crippen MR) is 90.9 cm³/mol. The quantitative estimate of drug-likeness (QED) is 0.745. The average Bonchev–Trinajstić information content (AvgIpc) is 3.03. The van der Waals surface area contributed by atoms with Gasteiger partial charge in [0.05, 0.1) is 6.04 Å². The number of aromatic nitrogens is 3. The number of carbonyl (C=O) groups is 1. The molecule has 0 saturated carbocycles. The number of benzene rings is 2. The topological polar surface area (TPSA) is 70.7 Å². The van der Waals surface area contributed by atoms with Crippen LogP contribution in [0.4, 0.5) is 0 Å². The summed E-state index contributed by atoms with van der Waals surface area (Å²) in [5.41, 5.74) is 3.09. The fraction of sp³-hybridized carbons (Fsp3) is 0.188. The minimum absolute atomic E-state index is 0.0227. The molecule has 1 aromatic heterocycles. The zero-order chi connectivity index (χ0) is 15.8. The minimum atomic E-state index is -0.113. The summed E-state index contributed by atoms with van der Waals surface area (Å²) in [5.74, 6) is 0.861. The van der Waals surface area contributed by atoms with Crippen LogP contribution >= 0.6 is 23.4 Å². The van der Waals surface area contributed by atoms with Crippen molar-refractivity contribution in [2.45, 2.75) is 17.4 Å². The number of amides is 1. The molecule has 0 aliphatic carbocycles. The Morgan fingerprint density at radius 2 is 2.09 bits per heavy atom. The maximum Gasteiger partial charge on any atom is 0.251 e. The molecule has 1 aliphatic rings. The molecule has 1 atom stereocenters. The molecular formula is C16H13ClN4OS. The maximum atomic E-state index is 12.6. The van der Waals surface area contributed by atoms with Crippen LogP contribution < -0.4 is 5.32 Å². The molecule has 0 bridgehead atoms. The van der Waals surface area contributed by atoms with Crippen LogP contribution in [0.15, 0.2) is 41.3 Å². The van der Waals surface area contributed by atoms with Gasteiger partial charge in [0.15, 0.2) is 0 Å². The lowest BCUT2D eigenvalue weighted by Crippen LogP contribution is -2.30. The minimum Gasteiger partial charge on any atom is -0.345 e. The third-order valence-electron chi connectivity index (χ3n) is 3.90. The van der Waals surface area contributed by atoms with Crippen LogP contribution in [0.2, 0.25) is 5.02 Å².